The molecular formula is C26H28N2O5S2. The van der Waals surface area contributed by atoms with Crippen molar-refractivity contribution in [1.82, 2.24) is 9.88 Å². The van der Waals surface area contributed by atoms with Crippen molar-refractivity contribution in [1.29, 1.82) is 0 Å². The predicted molar refractivity (Wildman–Crippen MR) is 133 cm³/mol. The average molecular weight is 513 g/mol. The molecule has 2 bridgehead atoms. The Kier molecular flexibility index (Phi) is 5.14. The summed E-state index contributed by atoms with van der Waals surface area (Å²) in [5.41, 5.74) is 2.42. The fourth-order valence-corrected chi connectivity index (χ4v) is 9.96. The number of thioether (sulfide) groups is 1. The number of fused-ring (bicyclic) bond motifs is 9. The Balaban J connectivity index is 1.40. The maximum absolute atomic E-state index is 13.4. The van der Waals surface area contributed by atoms with E-state index in [1.54, 1.807) is 11.8 Å². The van der Waals surface area contributed by atoms with Gasteiger partial charge in [-0.15, -0.1) is 11.8 Å². The van der Waals surface area contributed by atoms with E-state index in [0.29, 0.717) is 0 Å². The summed E-state index contributed by atoms with van der Waals surface area (Å²) < 4.78 is 0. The highest BCUT2D eigenvalue weighted by molar-refractivity contribution is 8.00. The van der Waals surface area contributed by atoms with Crippen LogP contribution in [0.1, 0.15) is 55.5 Å². The summed E-state index contributed by atoms with van der Waals surface area (Å²) in [7, 11) is 0. The van der Waals surface area contributed by atoms with E-state index in [1.807, 2.05) is 0 Å². The highest BCUT2D eigenvalue weighted by Gasteiger charge is 2.69. The van der Waals surface area contributed by atoms with Gasteiger partial charge in [0, 0.05) is 22.6 Å². The summed E-state index contributed by atoms with van der Waals surface area (Å²) >= 11 is 2.93. The SMILES string of the molecule is CC(C)(C)c1ccc(C2c3sc(=O)[nH]c3SC3C4CC(C5C(=O)N(CCC(=O)O)C(=O)C45)C23)cc1. The van der Waals surface area contributed by atoms with Gasteiger partial charge < -0.3 is 10.1 Å². The largest absolute Gasteiger partial charge is 0.481 e. The van der Waals surface area contributed by atoms with Crippen LogP contribution in [0.4, 0.5) is 0 Å². The molecule has 0 spiro atoms. The number of carbonyl (C=O) groups is 3. The van der Waals surface area contributed by atoms with E-state index in [4.69, 9.17) is 5.11 Å². The van der Waals surface area contributed by atoms with E-state index in [9.17, 15) is 19.2 Å². The first kappa shape index (κ1) is 23.0. The first-order chi connectivity index (χ1) is 16.6. The molecule has 6 rings (SSSR count). The number of carbonyl (C=O) groups excluding carboxylic acids is 2. The predicted octanol–water partition coefficient (Wildman–Crippen LogP) is 3.68. The first-order valence-electron chi connectivity index (χ1n) is 12.1. The zero-order valence-corrected chi connectivity index (χ0v) is 21.4. The molecule has 2 N–H and O–H groups in total. The molecule has 2 aromatic rings. The maximum Gasteiger partial charge on any atom is 0.305 e. The van der Waals surface area contributed by atoms with Crippen LogP contribution in [0.15, 0.2) is 34.1 Å². The van der Waals surface area contributed by atoms with E-state index in [0.717, 1.165) is 21.9 Å². The fourth-order valence-electron chi connectivity index (χ4n) is 7.07. The number of carboxylic acids is 1. The summed E-state index contributed by atoms with van der Waals surface area (Å²) in [6.45, 7) is 6.49. The van der Waals surface area contributed by atoms with Gasteiger partial charge in [-0.25, -0.2) is 0 Å². The van der Waals surface area contributed by atoms with Crippen LogP contribution in [0.3, 0.4) is 0 Å². The smallest absolute Gasteiger partial charge is 0.305 e. The Morgan fingerprint density at radius 1 is 1.09 bits per heavy atom. The molecule has 2 saturated carbocycles. The highest BCUT2D eigenvalue weighted by Crippen LogP contribution is 2.68. The summed E-state index contributed by atoms with van der Waals surface area (Å²) in [6.07, 6.45) is 0.604. The van der Waals surface area contributed by atoms with Crippen molar-refractivity contribution >= 4 is 40.9 Å². The van der Waals surface area contributed by atoms with Crippen LogP contribution in [0.2, 0.25) is 0 Å². The van der Waals surface area contributed by atoms with E-state index >= 15 is 0 Å². The molecule has 1 aromatic heterocycles. The zero-order chi connectivity index (χ0) is 24.8. The third-order valence-electron chi connectivity index (χ3n) is 8.50. The molecule has 7 nitrogen and oxygen atoms in total. The van der Waals surface area contributed by atoms with Gasteiger partial charge in [0.25, 0.3) is 0 Å². The highest BCUT2D eigenvalue weighted by atomic mass is 32.2. The summed E-state index contributed by atoms with van der Waals surface area (Å²) in [4.78, 5) is 55.3. The third kappa shape index (κ3) is 3.38. The minimum Gasteiger partial charge on any atom is -0.481 e. The van der Waals surface area contributed by atoms with Gasteiger partial charge in [0.1, 0.15) is 0 Å². The number of aromatic nitrogens is 1. The van der Waals surface area contributed by atoms with E-state index in [-0.39, 0.29) is 75.8 Å². The Hall–Kier alpha value is -2.39. The van der Waals surface area contributed by atoms with Crippen LogP contribution in [0.5, 0.6) is 0 Å². The molecule has 0 radical (unpaired) electrons. The number of thiazole rings is 1. The van der Waals surface area contributed by atoms with Crippen molar-refractivity contribution in [3.05, 3.63) is 49.9 Å². The second-order valence-corrected chi connectivity index (χ2v) is 13.5. The monoisotopic (exact) mass is 512 g/mol. The Morgan fingerprint density at radius 3 is 2.37 bits per heavy atom. The molecule has 7 unspecified atom stereocenters. The molecule has 3 heterocycles. The number of likely N-dealkylation sites (tertiary alicyclic amines) is 1. The number of aromatic amines is 1. The van der Waals surface area contributed by atoms with Crippen LogP contribution in [-0.4, -0.2) is 44.6 Å². The van der Waals surface area contributed by atoms with Crippen LogP contribution >= 0.6 is 23.1 Å². The van der Waals surface area contributed by atoms with Gasteiger partial charge in [-0.2, -0.15) is 0 Å². The lowest BCUT2D eigenvalue weighted by atomic mass is 9.68. The van der Waals surface area contributed by atoms with Gasteiger partial charge in [-0.3, -0.25) is 24.1 Å². The van der Waals surface area contributed by atoms with Gasteiger partial charge >= 0.3 is 10.8 Å². The second-order valence-electron chi connectivity index (χ2n) is 11.3. The van der Waals surface area contributed by atoms with Gasteiger partial charge in [-0.1, -0.05) is 56.4 Å². The number of amides is 2. The van der Waals surface area contributed by atoms with Crippen molar-refractivity contribution < 1.29 is 19.5 Å². The van der Waals surface area contributed by atoms with Crippen LogP contribution in [-0.2, 0) is 19.8 Å². The molecule has 9 heteroatoms. The number of nitrogens with zero attached hydrogens (tertiary/aromatic N) is 1. The minimum atomic E-state index is -1.01. The molecular weight excluding hydrogens is 484 g/mol. The molecule has 3 fully saturated rings. The quantitative estimate of drug-likeness (QED) is 0.605. The minimum absolute atomic E-state index is 0.00106. The lowest BCUT2D eigenvalue weighted by molar-refractivity contribution is -0.142. The second kappa shape index (κ2) is 7.80. The number of hydrogen-bond acceptors (Lipinski definition) is 6. The van der Waals surface area contributed by atoms with Crippen LogP contribution in [0.25, 0.3) is 0 Å². The van der Waals surface area contributed by atoms with E-state index in [1.165, 1.54) is 21.8 Å². The number of hydrogen-bond donors (Lipinski definition) is 2. The Labute approximate surface area is 211 Å². The van der Waals surface area contributed by atoms with Crippen molar-refractivity contribution in [3.8, 4) is 0 Å². The summed E-state index contributed by atoms with van der Waals surface area (Å²) in [5.74, 6) is -1.91. The van der Waals surface area contributed by atoms with Crippen molar-refractivity contribution in [2.45, 2.75) is 55.2 Å². The summed E-state index contributed by atoms with van der Waals surface area (Å²) in [6, 6.07) is 8.65. The van der Waals surface area contributed by atoms with Crippen molar-refractivity contribution in [2.75, 3.05) is 6.54 Å². The van der Waals surface area contributed by atoms with E-state index < -0.39 is 5.97 Å². The van der Waals surface area contributed by atoms with E-state index in [2.05, 4.69) is 50.0 Å². The normalized spacial score (nSPS) is 33.1. The average Bonchev–Trinajstić information content (AvgIpc) is 3.51. The maximum atomic E-state index is 13.4. The molecule has 7 atom stereocenters. The number of nitrogens with one attached hydrogen (secondary N) is 1. The van der Waals surface area contributed by atoms with Crippen molar-refractivity contribution in [2.24, 2.45) is 29.6 Å². The topological polar surface area (TPSA) is 108 Å². The number of benzene rings is 1. The zero-order valence-electron chi connectivity index (χ0n) is 19.8. The van der Waals surface area contributed by atoms with Crippen LogP contribution < -0.4 is 4.87 Å². The molecule has 184 valence electrons. The lowest BCUT2D eigenvalue weighted by Gasteiger charge is -2.43. The van der Waals surface area contributed by atoms with Gasteiger partial charge in [0.05, 0.1) is 23.3 Å². The molecule has 2 aliphatic heterocycles. The Bertz CT molecular complexity index is 1290. The number of H-pyrrole nitrogens is 1. The molecule has 35 heavy (non-hydrogen) atoms. The van der Waals surface area contributed by atoms with Crippen LogP contribution in [0, 0.1) is 29.6 Å². The van der Waals surface area contributed by atoms with Gasteiger partial charge in [-0.05, 0) is 40.7 Å². The van der Waals surface area contributed by atoms with Crippen molar-refractivity contribution in [3.63, 3.8) is 0 Å². The number of aliphatic carboxylic acids is 1. The molecule has 4 aliphatic rings. The van der Waals surface area contributed by atoms with Gasteiger partial charge in [0.15, 0.2) is 0 Å². The fraction of sp³-hybridized carbons (Fsp3) is 0.538. The molecule has 1 aromatic carbocycles. The number of carboxylic acid groups (broad SMARTS) is 1. The number of imide groups is 1. The van der Waals surface area contributed by atoms with Gasteiger partial charge in [0.2, 0.25) is 11.8 Å². The standard InChI is InChI=1S/C26H28N2O5S2/c1-26(2,3)12-6-4-11(5-7-12)16-17-13-10-14(20(17)34-22-21(16)35-25(33)27-22)19-18(13)23(31)28(24(19)32)9-8-15(29)30/h4-7,13-14,16-20H,8-10H2,1-3H3,(H,27,33)(H,29,30). The lowest BCUT2D eigenvalue weighted by Crippen LogP contribution is -2.42. The Morgan fingerprint density at radius 2 is 1.74 bits per heavy atom. The first-order valence-corrected chi connectivity index (χ1v) is 13.8. The molecule has 2 aliphatic carbocycles. The third-order valence-corrected chi connectivity index (χ3v) is 11.1. The number of rotatable bonds is 4. The molecule has 1 saturated heterocycles. The summed E-state index contributed by atoms with van der Waals surface area (Å²) in [5, 5.41) is 10.1. The molecule has 2 amide bonds.